The molecule has 1 fully saturated rings. The molecule has 9 heteroatoms. The lowest BCUT2D eigenvalue weighted by Crippen LogP contribution is -2.48. The standard InChI is InChI=1S/C20H25ClN4O3S/c1-5-8-28-19(27)24-11-13(12-24)15-9-17(22-10-14-6-7-16(21)29-14)25(23-15)18(26)20(2,3)4/h5-7,9,13,22H,1,8,10-12H2,2-4H3. The lowest BCUT2D eigenvalue weighted by Gasteiger charge is -2.37. The normalized spacial score (nSPS) is 14.4. The highest BCUT2D eigenvalue weighted by Crippen LogP contribution is 2.30. The monoisotopic (exact) mass is 436 g/mol. The van der Waals surface area contributed by atoms with E-state index < -0.39 is 5.41 Å². The zero-order chi connectivity index (χ0) is 21.2. The smallest absolute Gasteiger partial charge is 0.410 e. The highest BCUT2D eigenvalue weighted by Gasteiger charge is 2.36. The molecule has 0 radical (unpaired) electrons. The fraction of sp³-hybridized carbons (Fsp3) is 0.450. The summed E-state index contributed by atoms with van der Waals surface area (Å²) in [6, 6.07) is 5.68. The summed E-state index contributed by atoms with van der Waals surface area (Å²) in [4.78, 5) is 27.4. The summed E-state index contributed by atoms with van der Waals surface area (Å²) in [5.74, 6) is 0.603. The Morgan fingerprint density at radius 3 is 2.72 bits per heavy atom. The van der Waals surface area contributed by atoms with Crippen molar-refractivity contribution >= 4 is 40.8 Å². The number of hydrogen-bond acceptors (Lipinski definition) is 6. The first-order valence-electron chi connectivity index (χ1n) is 9.34. The summed E-state index contributed by atoms with van der Waals surface area (Å²) in [7, 11) is 0. The van der Waals surface area contributed by atoms with Crippen LogP contribution in [-0.2, 0) is 11.3 Å². The first-order valence-corrected chi connectivity index (χ1v) is 10.5. The molecule has 0 saturated carbocycles. The maximum Gasteiger partial charge on any atom is 0.410 e. The van der Waals surface area contributed by atoms with Crippen molar-refractivity contribution in [1.82, 2.24) is 14.7 Å². The molecule has 0 aromatic carbocycles. The van der Waals surface area contributed by atoms with Gasteiger partial charge in [-0.1, -0.05) is 45.0 Å². The van der Waals surface area contributed by atoms with Gasteiger partial charge in [-0.3, -0.25) is 4.79 Å². The van der Waals surface area contributed by atoms with Gasteiger partial charge in [0.15, 0.2) is 0 Å². The van der Waals surface area contributed by atoms with E-state index in [4.69, 9.17) is 16.3 Å². The summed E-state index contributed by atoms with van der Waals surface area (Å²) in [5.41, 5.74) is 0.202. The highest BCUT2D eigenvalue weighted by molar-refractivity contribution is 7.16. The number of likely N-dealkylation sites (tertiary alicyclic amines) is 1. The summed E-state index contributed by atoms with van der Waals surface area (Å²) >= 11 is 7.49. The maximum atomic E-state index is 12.9. The van der Waals surface area contributed by atoms with Crippen LogP contribution in [0.15, 0.2) is 30.9 Å². The Morgan fingerprint density at radius 2 is 2.14 bits per heavy atom. The van der Waals surface area contributed by atoms with Crippen molar-refractivity contribution in [2.75, 3.05) is 25.0 Å². The fourth-order valence-electron chi connectivity index (χ4n) is 2.86. The summed E-state index contributed by atoms with van der Waals surface area (Å²) in [6.45, 7) is 10.9. The third-order valence-electron chi connectivity index (χ3n) is 4.52. The minimum Gasteiger partial charge on any atom is -0.445 e. The van der Waals surface area contributed by atoms with Crippen LogP contribution >= 0.6 is 22.9 Å². The van der Waals surface area contributed by atoms with Crippen molar-refractivity contribution in [1.29, 1.82) is 0 Å². The van der Waals surface area contributed by atoms with Gasteiger partial charge >= 0.3 is 6.09 Å². The third-order valence-corrected chi connectivity index (χ3v) is 5.75. The lowest BCUT2D eigenvalue weighted by atomic mass is 9.96. The molecule has 1 amide bonds. The zero-order valence-electron chi connectivity index (χ0n) is 16.8. The Hall–Kier alpha value is -2.32. The van der Waals surface area contributed by atoms with E-state index in [-0.39, 0.29) is 24.5 Å². The molecule has 3 rings (SSSR count). The Morgan fingerprint density at radius 1 is 1.41 bits per heavy atom. The molecule has 1 N–H and O–H groups in total. The molecule has 0 aliphatic carbocycles. The Kier molecular flexibility index (Phi) is 6.33. The third kappa shape index (κ3) is 5.00. The van der Waals surface area contributed by atoms with E-state index in [9.17, 15) is 9.59 Å². The number of carbonyl (C=O) groups excluding carboxylic acids is 2. The molecule has 1 aliphatic rings. The van der Waals surface area contributed by atoms with Gasteiger partial charge in [0.05, 0.1) is 16.6 Å². The Labute approximate surface area is 179 Å². The molecule has 1 saturated heterocycles. The van der Waals surface area contributed by atoms with Gasteiger partial charge in [-0.25, -0.2) is 4.79 Å². The molecular formula is C20H25ClN4O3S. The van der Waals surface area contributed by atoms with E-state index in [1.165, 1.54) is 22.1 Å². The van der Waals surface area contributed by atoms with Crippen LogP contribution < -0.4 is 5.32 Å². The molecule has 0 unspecified atom stereocenters. The number of rotatable bonds is 6. The quantitative estimate of drug-likeness (QED) is 0.668. The molecule has 0 spiro atoms. The number of ether oxygens (including phenoxy) is 1. The van der Waals surface area contributed by atoms with Crippen LogP contribution in [0.4, 0.5) is 10.6 Å². The molecule has 7 nitrogen and oxygen atoms in total. The SMILES string of the molecule is C=CCOC(=O)N1CC(c2cc(NCc3ccc(Cl)s3)n(C(=O)C(C)(C)C)n2)C1. The second-order valence-electron chi connectivity index (χ2n) is 7.95. The average molecular weight is 437 g/mol. The van der Waals surface area contributed by atoms with Gasteiger partial charge in [-0.2, -0.15) is 9.78 Å². The number of amides is 1. The van der Waals surface area contributed by atoms with Crippen molar-refractivity contribution in [2.24, 2.45) is 5.41 Å². The van der Waals surface area contributed by atoms with Gasteiger partial charge in [0, 0.05) is 35.4 Å². The summed E-state index contributed by atoms with van der Waals surface area (Å²) < 4.78 is 7.20. The van der Waals surface area contributed by atoms with E-state index in [0.29, 0.717) is 25.5 Å². The molecule has 2 aromatic heterocycles. The number of thiophene rings is 1. The van der Waals surface area contributed by atoms with Crippen LogP contribution in [0.2, 0.25) is 4.34 Å². The van der Waals surface area contributed by atoms with Gasteiger partial charge < -0.3 is 15.0 Å². The van der Waals surface area contributed by atoms with Gasteiger partial charge in [-0.05, 0) is 12.1 Å². The van der Waals surface area contributed by atoms with Gasteiger partial charge in [0.25, 0.3) is 5.91 Å². The van der Waals surface area contributed by atoms with Crippen molar-refractivity contribution in [3.63, 3.8) is 0 Å². The first kappa shape index (κ1) is 21.4. The van der Waals surface area contributed by atoms with Crippen LogP contribution in [0.3, 0.4) is 0 Å². The Bertz CT molecular complexity index is 909. The largest absolute Gasteiger partial charge is 0.445 e. The zero-order valence-corrected chi connectivity index (χ0v) is 18.3. The Balaban J connectivity index is 1.73. The summed E-state index contributed by atoms with van der Waals surface area (Å²) in [5, 5.41) is 7.86. The van der Waals surface area contributed by atoms with E-state index >= 15 is 0 Å². The van der Waals surface area contributed by atoms with Crippen LogP contribution in [0.5, 0.6) is 0 Å². The summed E-state index contributed by atoms with van der Waals surface area (Å²) in [6.07, 6.45) is 1.17. The maximum absolute atomic E-state index is 12.9. The fourth-order valence-corrected chi connectivity index (χ4v) is 3.89. The topological polar surface area (TPSA) is 76.5 Å². The van der Waals surface area contributed by atoms with E-state index in [1.54, 1.807) is 4.90 Å². The molecular weight excluding hydrogens is 412 g/mol. The van der Waals surface area contributed by atoms with E-state index in [2.05, 4.69) is 17.0 Å². The van der Waals surface area contributed by atoms with E-state index in [0.717, 1.165) is 14.9 Å². The molecule has 156 valence electrons. The van der Waals surface area contributed by atoms with Gasteiger partial charge in [-0.15, -0.1) is 11.3 Å². The van der Waals surface area contributed by atoms with Crippen LogP contribution in [0, 0.1) is 5.41 Å². The number of carbonyl (C=O) groups is 2. The second kappa shape index (κ2) is 8.59. The van der Waals surface area contributed by atoms with E-state index in [1.807, 2.05) is 39.0 Å². The predicted molar refractivity (Wildman–Crippen MR) is 115 cm³/mol. The van der Waals surface area contributed by atoms with Crippen molar-refractivity contribution in [3.8, 4) is 0 Å². The number of nitrogens with one attached hydrogen (secondary N) is 1. The molecule has 1 aliphatic heterocycles. The average Bonchev–Trinajstić information content (AvgIpc) is 3.21. The van der Waals surface area contributed by atoms with Crippen LogP contribution in [-0.4, -0.2) is 46.4 Å². The number of anilines is 1. The second-order valence-corrected chi connectivity index (χ2v) is 9.75. The van der Waals surface area contributed by atoms with Crippen LogP contribution in [0.1, 0.15) is 42.1 Å². The molecule has 0 bridgehead atoms. The molecule has 3 heterocycles. The highest BCUT2D eigenvalue weighted by atomic mass is 35.5. The minimum atomic E-state index is -0.577. The number of hydrogen-bond donors (Lipinski definition) is 1. The molecule has 2 aromatic rings. The number of aromatic nitrogens is 2. The van der Waals surface area contributed by atoms with Gasteiger partial charge in [0.1, 0.15) is 12.4 Å². The molecule has 29 heavy (non-hydrogen) atoms. The van der Waals surface area contributed by atoms with Gasteiger partial charge in [0.2, 0.25) is 0 Å². The molecule has 0 atom stereocenters. The van der Waals surface area contributed by atoms with Crippen LogP contribution in [0.25, 0.3) is 0 Å². The van der Waals surface area contributed by atoms with Crippen molar-refractivity contribution in [3.05, 3.63) is 45.8 Å². The predicted octanol–water partition coefficient (Wildman–Crippen LogP) is 4.62. The lowest BCUT2D eigenvalue weighted by molar-refractivity contribution is 0.0733. The van der Waals surface area contributed by atoms with Crippen molar-refractivity contribution in [2.45, 2.75) is 33.2 Å². The minimum absolute atomic E-state index is 0.0667. The number of nitrogens with zero attached hydrogens (tertiary/aromatic N) is 3. The first-order chi connectivity index (χ1) is 13.7. The number of halogens is 1. The van der Waals surface area contributed by atoms with Crippen molar-refractivity contribution < 1.29 is 14.3 Å².